The van der Waals surface area contributed by atoms with E-state index in [0.717, 1.165) is 53.8 Å². The highest BCUT2D eigenvalue weighted by atomic mass is 16.5. The van der Waals surface area contributed by atoms with Crippen molar-refractivity contribution in [3.63, 3.8) is 0 Å². The first kappa shape index (κ1) is 17.5. The van der Waals surface area contributed by atoms with Crippen LogP contribution in [0.15, 0.2) is 24.3 Å². The molecule has 0 bridgehead atoms. The second-order valence-corrected chi connectivity index (χ2v) is 6.23. The highest BCUT2D eigenvalue weighted by molar-refractivity contribution is 5.44. The summed E-state index contributed by atoms with van der Waals surface area (Å²) in [4.78, 5) is 8.67. The average Bonchev–Trinajstić information content (AvgIpc) is 3.11. The minimum atomic E-state index is 0.190. The maximum atomic E-state index is 5.87. The molecule has 2 aromatic rings. The Balaban J connectivity index is 1.62. The summed E-state index contributed by atoms with van der Waals surface area (Å²) >= 11 is 0. The lowest BCUT2D eigenvalue weighted by Crippen LogP contribution is -2.16. The van der Waals surface area contributed by atoms with E-state index in [1.54, 1.807) is 7.11 Å². The molecule has 1 N–H and O–H groups in total. The Kier molecular flexibility index (Phi) is 5.71. The van der Waals surface area contributed by atoms with Crippen LogP contribution in [0.5, 0.6) is 11.5 Å². The summed E-state index contributed by atoms with van der Waals surface area (Å²) in [6.45, 7) is 5.90. The Labute approximate surface area is 148 Å². The third-order valence-electron chi connectivity index (χ3n) is 4.12. The molecule has 0 saturated carbocycles. The van der Waals surface area contributed by atoms with Crippen molar-refractivity contribution in [3.05, 3.63) is 41.3 Å². The van der Waals surface area contributed by atoms with Crippen LogP contribution in [0.3, 0.4) is 0 Å². The van der Waals surface area contributed by atoms with Crippen molar-refractivity contribution in [3.8, 4) is 11.5 Å². The first-order valence-corrected chi connectivity index (χ1v) is 8.61. The van der Waals surface area contributed by atoms with Crippen molar-refractivity contribution in [1.82, 2.24) is 9.97 Å². The van der Waals surface area contributed by atoms with Gasteiger partial charge in [-0.2, -0.15) is 0 Å². The molecule has 1 aromatic carbocycles. The molecule has 1 fully saturated rings. The van der Waals surface area contributed by atoms with Gasteiger partial charge >= 0.3 is 0 Å². The third-order valence-corrected chi connectivity index (χ3v) is 4.12. The SMILES string of the molecule is COc1cc(CNc2cc(C)nc(C)n2)ccc1OCC1CCCO1. The fraction of sp³-hybridized carbons (Fsp3) is 0.474. The quantitative estimate of drug-likeness (QED) is 0.832. The van der Waals surface area contributed by atoms with Gasteiger partial charge in [-0.05, 0) is 44.4 Å². The van der Waals surface area contributed by atoms with E-state index in [4.69, 9.17) is 14.2 Å². The lowest BCUT2D eigenvalue weighted by atomic mass is 10.2. The van der Waals surface area contributed by atoms with Crippen LogP contribution >= 0.6 is 0 Å². The Morgan fingerprint density at radius 3 is 2.80 bits per heavy atom. The van der Waals surface area contributed by atoms with Crippen molar-refractivity contribution in [2.24, 2.45) is 0 Å². The van der Waals surface area contributed by atoms with Crippen molar-refractivity contribution >= 4 is 5.82 Å². The van der Waals surface area contributed by atoms with E-state index in [-0.39, 0.29) is 6.10 Å². The minimum Gasteiger partial charge on any atom is -0.493 e. The van der Waals surface area contributed by atoms with Gasteiger partial charge in [-0.25, -0.2) is 9.97 Å². The van der Waals surface area contributed by atoms with Crippen LogP contribution in [0.1, 0.15) is 29.9 Å². The lowest BCUT2D eigenvalue weighted by Gasteiger charge is -2.15. The number of anilines is 1. The van der Waals surface area contributed by atoms with Crippen LogP contribution in [-0.2, 0) is 11.3 Å². The number of benzene rings is 1. The molecule has 25 heavy (non-hydrogen) atoms. The highest BCUT2D eigenvalue weighted by Crippen LogP contribution is 2.29. The molecule has 0 radical (unpaired) electrons. The van der Waals surface area contributed by atoms with Crippen LogP contribution in [0.4, 0.5) is 5.82 Å². The van der Waals surface area contributed by atoms with E-state index in [1.807, 2.05) is 38.1 Å². The number of rotatable bonds is 7. The molecular formula is C19H25N3O3. The number of hydrogen-bond acceptors (Lipinski definition) is 6. The summed E-state index contributed by atoms with van der Waals surface area (Å²) in [5.74, 6) is 3.06. The average molecular weight is 343 g/mol. The minimum absolute atomic E-state index is 0.190. The standard InChI is InChI=1S/C19H25N3O3/c1-13-9-19(22-14(2)21-13)20-11-15-6-7-17(18(10-15)23-3)25-12-16-5-4-8-24-16/h6-7,9-10,16H,4-5,8,11-12H2,1-3H3,(H,20,21,22). The molecule has 1 unspecified atom stereocenters. The van der Waals surface area contributed by atoms with Gasteiger partial charge < -0.3 is 19.5 Å². The highest BCUT2D eigenvalue weighted by Gasteiger charge is 2.17. The van der Waals surface area contributed by atoms with E-state index in [0.29, 0.717) is 13.2 Å². The smallest absolute Gasteiger partial charge is 0.161 e. The molecule has 1 aliphatic heterocycles. The van der Waals surface area contributed by atoms with Crippen LogP contribution in [0.2, 0.25) is 0 Å². The fourth-order valence-electron chi connectivity index (χ4n) is 2.90. The summed E-state index contributed by atoms with van der Waals surface area (Å²) in [6.07, 6.45) is 2.36. The van der Waals surface area contributed by atoms with Gasteiger partial charge in [0.2, 0.25) is 0 Å². The molecule has 1 aliphatic rings. The van der Waals surface area contributed by atoms with Crippen molar-refractivity contribution in [2.45, 2.75) is 39.3 Å². The zero-order valence-corrected chi connectivity index (χ0v) is 15.0. The van der Waals surface area contributed by atoms with E-state index in [2.05, 4.69) is 15.3 Å². The summed E-state index contributed by atoms with van der Waals surface area (Å²) in [5, 5.41) is 3.32. The summed E-state index contributed by atoms with van der Waals surface area (Å²) < 4.78 is 16.9. The molecule has 6 nitrogen and oxygen atoms in total. The second-order valence-electron chi connectivity index (χ2n) is 6.23. The molecular weight excluding hydrogens is 318 g/mol. The molecule has 6 heteroatoms. The van der Waals surface area contributed by atoms with Gasteiger partial charge in [0.15, 0.2) is 11.5 Å². The Hall–Kier alpha value is -2.34. The first-order valence-electron chi connectivity index (χ1n) is 8.61. The van der Waals surface area contributed by atoms with E-state index >= 15 is 0 Å². The van der Waals surface area contributed by atoms with Crippen LogP contribution in [-0.4, -0.2) is 36.4 Å². The summed E-state index contributed by atoms with van der Waals surface area (Å²) in [7, 11) is 1.66. The van der Waals surface area contributed by atoms with Gasteiger partial charge in [-0.15, -0.1) is 0 Å². The predicted octanol–water partition coefficient (Wildman–Crippen LogP) is 3.27. The number of ether oxygens (including phenoxy) is 3. The maximum absolute atomic E-state index is 5.87. The van der Waals surface area contributed by atoms with Gasteiger partial charge in [-0.3, -0.25) is 0 Å². The number of nitrogens with zero attached hydrogens (tertiary/aromatic N) is 2. The van der Waals surface area contributed by atoms with Crippen LogP contribution in [0.25, 0.3) is 0 Å². The molecule has 0 aliphatic carbocycles. The van der Waals surface area contributed by atoms with Crippen LogP contribution < -0.4 is 14.8 Å². The number of aryl methyl sites for hydroxylation is 2. The Morgan fingerprint density at radius 1 is 1.20 bits per heavy atom. The molecule has 1 aromatic heterocycles. The molecule has 3 rings (SSSR count). The fourth-order valence-corrected chi connectivity index (χ4v) is 2.90. The maximum Gasteiger partial charge on any atom is 0.161 e. The third kappa shape index (κ3) is 4.82. The second kappa shape index (κ2) is 8.16. The van der Waals surface area contributed by atoms with Crippen molar-refractivity contribution < 1.29 is 14.2 Å². The molecule has 0 amide bonds. The zero-order chi connectivity index (χ0) is 17.6. The summed E-state index contributed by atoms with van der Waals surface area (Å²) in [6, 6.07) is 7.89. The Bertz CT molecular complexity index is 695. The normalized spacial score (nSPS) is 16.7. The molecule has 2 heterocycles. The van der Waals surface area contributed by atoms with Gasteiger partial charge in [0, 0.05) is 24.9 Å². The summed E-state index contributed by atoms with van der Waals surface area (Å²) in [5.41, 5.74) is 2.04. The van der Waals surface area contributed by atoms with Gasteiger partial charge in [0.25, 0.3) is 0 Å². The molecule has 0 spiro atoms. The van der Waals surface area contributed by atoms with E-state index < -0.39 is 0 Å². The van der Waals surface area contributed by atoms with Gasteiger partial charge in [0.1, 0.15) is 18.2 Å². The van der Waals surface area contributed by atoms with E-state index in [1.165, 1.54) is 0 Å². The van der Waals surface area contributed by atoms with Gasteiger partial charge in [0.05, 0.1) is 13.2 Å². The monoisotopic (exact) mass is 343 g/mol. The molecule has 134 valence electrons. The molecule has 1 atom stereocenters. The first-order chi connectivity index (χ1) is 12.1. The van der Waals surface area contributed by atoms with E-state index in [9.17, 15) is 0 Å². The zero-order valence-electron chi connectivity index (χ0n) is 15.0. The number of hydrogen-bond donors (Lipinski definition) is 1. The molecule has 1 saturated heterocycles. The Morgan fingerprint density at radius 2 is 2.08 bits per heavy atom. The van der Waals surface area contributed by atoms with Crippen LogP contribution in [0, 0.1) is 13.8 Å². The number of methoxy groups -OCH3 is 1. The number of nitrogens with one attached hydrogen (secondary N) is 1. The van der Waals surface area contributed by atoms with Gasteiger partial charge in [-0.1, -0.05) is 6.07 Å². The van der Waals surface area contributed by atoms with Crippen molar-refractivity contribution in [2.75, 3.05) is 25.6 Å². The lowest BCUT2D eigenvalue weighted by molar-refractivity contribution is 0.0669. The van der Waals surface area contributed by atoms with Crippen molar-refractivity contribution in [1.29, 1.82) is 0 Å². The predicted molar refractivity (Wildman–Crippen MR) is 96.3 cm³/mol. The topological polar surface area (TPSA) is 65.5 Å². The number of aromatic nitrogens is 2. The largest absolute Gasteiger partial charge is 0.493 e.